The van der Waals surface area contributed by atoms with Crippen molar-refractivity contribution in [3.63, 3.8) is 0 Å². The van der Waals surface area contributed by atoms with Crippen LogP contribution < -0.4 is 5.32 Å². The summed E-state index contributed by atoms with van der Waals surface area (Å²) in [5.41, 5.74) is -1.09. The number of urea groups is 1. The maximum atomic E-state index is 13.0. The number of carbonyl (C=O) groups is 2. The van der Waals surface area contributed by atoms with Gasteiger partial charge in [0, 0.05) is 12.7 Å². The second-order valence-electron chi connectivity index (χ2n) is 4.48. The van der Waals surface area contributed by atoms with Crippen LogP contribution in [0.3, 0.4) is 0 Å². The molecule has 19 heavy (non-hydrogen) atoms. The Morgan fingerprint density at radius 2 is 2.00 bits per heavy atom. The molecule has 0 aliphatic rings. The molecule has 0 unspecified atom stereocenters. The lowest BCUT2D eigenvalue weighted by Gasteiger charge is -2.31. The summed E-state index contributed by atoms with van der Waals surface area (Å²) in [6.45, 7) is 2.79. The lowest BCUT2D eigenvalue weighted by Crippen LogP contribution is -2.52. The van der Waals surface area contributed by atoms with Gasteiger partial charge in [-0.1, -0.05) is 11.6 Å². The van der Waals surface area contributed by atoms with Crippen LogP contribution in [0, 0.1) is 5.82 Å². The smallest absolute Gasteiger partial charge is 0.329 e. The number of carboxylic acids is 1. The Hall–Kier alpha value is -1.82. The van der Waals surface area contributed by atoms with Crippen molar-refractivity contribution in [1.82, 2.24) is 4.90 Å². The number of hydrogen-bond donors (Lipinski definition) is 2. The van der Waals surface area contributed by atoms with E-state index in [0.29, 0.717) is 0 Å². The fraction of sp³-hybridized carbons (Fsp3) is 0.333. The molecule has 0 radical (unpaired) electrons. The number of carbonyl (C=O) groups excluding carboxylic acids is 1. The van der Waals surface area contributed by atoms with Crippen molar-refractivity contribution in [2.75, 3.05) is 12.4 Å². The van der Waals surface area contributed by atoms with E-state index in [2.05, 4.69) is 5.32 Å². The lowest BCUT2D eigenvalue weighted by molar-refractivity contribution is -0.146. The van der Waals surface area contributed by atoms with Gasteiger partial charge in [-0.2, -0.15) is 0 Å². The monoisotopic (exact) mass is 288 g/mol. The molecule has 0 aliphatic heterocycles. The topological polar surface area (TPSA) is 69.6 Å². The first-order valence-electron chi connectivity index (χ1n) is 5.39. The van der Waals surface area contributed by atoms with Crippen molar-refractivity contribution in [2.24, 2.45) is 0 Å². The summed E-state index contributed by atoms with van der Waals surface area (Å²) >= 11 is 5.58. The number of amides is 2. The Bertz CT molecular complexity index is 520. The average Bonchev–Trinajstić information content (AvgIpc) is 2.32. The lowest BCUT2D eigenvalue weighted by atomic mass is 10.1. The summed E-state index contributed by atoms with van der Waals surface area (Å²) in [6, 6.07) is 3.06. The standard InChI is InChI=1S/C12H14ClFN2O3/c1-12(2,10(17)18)16(3)11(19)15-7-4-5-9(14)8(13)6-7/h4-6H,1-3H3,(H,15,19)(H,17,18). The minimum absolute atomic E-state index is 0.127. The summed E-state index contributed by atoms with van der Waals surface area (Å²) < 4.78 is 13.0. The predicted molar refractivity (Wildman–Crippen MR) is 69.9 cm³/mol. The van der Waals surface area contributed by atoms with Crippen LogP contribution in [-0.2, 0) is 4.79 Å². The molecule has 104 valence electrons. The SMILES string of the molecule is CN(C(=O)Nc1ccc(F)c(Cl)c1)C(C)(C)C(=O)O. The second-order valence-corrected chi connectivity index (χ2v) is 4.89. The normalized spacial score (nSPS) is 11.0. The quantitative estimate of drug-likeness (QED) is 0.898. The highest BCUT2D eigenvalue weighted by molar-refractivity contribution is 6.31. The van der Waals surface area contributed by atoms with Gasteiger partial charge in [0.05, 0.1) is 5.02 Å². The van der Waals surface area contributed by atoms with Crippen LogP contribution in [0.4, 0.5) is 14.9 Å². The summed E-state index contributed by atoms with van der Waals surface area (Å²) in [6.07, 6.45) is 0. The van der Waals surface area contributed by atoms with Gasteiger partial charge >= 0.3 is 12.0 Å². The Balaban J connectivity index is 2.85. The average molecular weight is 289 g/mol. The minimum Gasteiger partial charge on any atom is -0.480 e. The highest BCUT2D eigenvalue weighted by atomic mass is 35.5. The van der Waals surface area contributed by atoms with Gasteiger partial charge in [0.15, 0.2) is 0 Å². The zero-order valence-corrected chi connectivity index (χ0v) is 11.5. The van der Waals surface area contributed by atoms with Gasteiger partial charge in [0.2, 0.25) is 0 Å². The first-order chi connectivity index (χ1) is 8.66. The number of nitrogens with zero attached hydrogens (tertiary/aromatic N) is 1. The highest BCUT2D eigenvalue weighted by Crippen LogP contribution is 2.20. The van der Waals surface area contributed by atoms with Gasteiger partial charge in [-0.3, -0.25) is 0 Å². The number of benzene rings is 1. The third kappa shape index (κ3) is 3.35. The molecule has 0 aliphatic carbocycles. The van der Waals surface area contributed by atoms with Crippen LogP contribution >= 0.6 is 11.6 Å². The van der Waals surface area contributed by atoms with Crippen LogP contribution in [0.5, 0.6) is 0 Å². The molecular weight excluding hydrogens is 275 g/mol. The molecule has 0 saturated heterocycles. The number of aliphatic carboxylic acids is 1. The van der Waals surface area contributed by atoms with E-state index >= 15 is 0 Å². The maximum Gasteiger partial charge on any atom is 0.329 e. The van der Waals surface area contributed by atoms with E-state index in [1.165, 1.54) is 33.0 Å². The van der Waals surface area contributed by atoms with E-state index < -0.39 is 23.4 Å². The number of carboxylic acid groups (broad SMARTS) is 1. The predicted octanol–water partition coefficient (Wildman–Crippen LogP) is 2.81. The van der Waals surface area contributed by atoms with Crippen molar-refractivity contribution in [3.8, 4) is 0 Å². The molecule has 5 nitrogen and oxygen atoms in total. The number of hydrogen-bond acceptors (Lipinski definition) is 2. The van der Waals surface area contributed by atoms with Gasteiger partial charge in [-0.15, -0.1) is 0 Å². The van der Waals surface area contributed by atoms with Crippen LogP contribution in [0.15, 0.2) is 18.2 Å². The maximum absolute atomic E-state index is 13.0. The van der Waals surface area contributed by atoms with Crippen molar-refractivity contribution in [2.45, 2.75) is 19.4 Å². The number of anilines is 1. The molecule has 0 saturated carbocycles. The van der Waals surface area contributed by atoms with Gasteiger partial charge in [-0.05, 0) is 32.0 Å². The Morgan fingerprint density at radius 3 is 2.47 bits per heavy atom. The highest BCUT2D eigenvalue weighted by Gasteiger charge is 2.35. The van der Waals surface area contributed by atoms with Crippen LogP contribution in [0.1, 0.15) is 13.8 Å². The zero-order valence-electron chi connectivity index (χ0n) is 10.7. The number of likely N-dealkylation sites (N-methyl/N-ethyl adjacent to an activating group) is 1. The molecule has 1 aromatic rings. The van der Waals surface area contributed by atoms with Crippen molar-refractivity contribution >= 4 is 29.3 Å². The molecular formula is C12H14ClFN2O3. The van der Waals surface area contributed by atoms with E-state index in [4.69, 9.17) is 16.7 Å². The first-order valence-corrected chi connectivity index (χ1v) is 5.77. The molecule has 0 aromatic heterocycles. The third-order valence-electron chi connectivity index (χ3n) is 2.84. The van der Waals surface area contributed by atoms with Crippen molar-refractivity contribution in [1.29, 1.82) is 0 Å². The van der Waals surface area contributed by atoms with Crippen LogP contribution in [0.25, 0.3) is 0 Å². The van der Waals surface area contributed by atoms with Gasteiger partial charge < -0.3 is 15.3 Å². The molecule has 2 N–H and O–H groups in total. The molecule has 0 spiro atoms. The molecule has 1 rings (SSSR count). The molecule has 0 heterocycles. The molecule has 1 aromatic carbocycles. The van der Waals surface area contributed by atoms with E-state index in [9.17, 15) is 14.0 Å². The van der Waals surface area contributed by atoms with Crippen LogP contribution in [-0.4, -0.2) is 34.6 Å². The van der Waals surface area contributed by atoms with Gasteiger partial charge in [0.25, 0.3) is 0 Å². The summed E-state index contributed by atoms with van der Waals surface area (Å²) in [7, 11) is 1.36. The van der Waals surface area contributed by atoms with E-state index in [-0.39, 0.29) is 10.7 Å². The van der Waals surface area contributed by atoms with Crippen LogP contribution in [0.2, 0.25) is 5.02 Å². The van der Waals surface area contributed by atoms with E-state index in [0.717, 1.165) is 11.0 Å². The Morgan fingerprint density at radius 1 is 1.42 bits per heavy atom. The minimum atomic E-state index is -1.37. The van der Waals surface area contributed by atoms with Gasteiger partial charge in [0.1, 0.15) is 11.4 Å². The largest absolute Gasteiger partial charge is 0.480 e. The second kappa shape index (κ2) is 5.44. The Labute approximate surface area is 115 Å². The molecule has 0 fully saturated rings. The first kappa shape index (κ1) is 15.2. The molecule has 7 heteroatoms. The zero-order chi connectivity index (χ0) is 14.8. The summed E-state index contributed by atoms with van der Waals surface area (Å²) in [5, 5.41) is 11.3. The van der Waals surface area contributed by atoms with Gasteiger partial charge in [-0.25, -0.2) is 14.0 Å². The third-order valence-corrected chi connectivity index (χ3v) is 3.13. The fourth-order valence-corrected chi connectivity index (χ4v) is 1.36. The summed E-state index contributed by atoms with van der Waals surface area (Å²) in [4.78, 5) is 23.9. The van der Waals surface area contributed by atoms with Crippen molar-refractivity contribution < 1.29 is 19.1 Å². The molecule has 0 atom stereocenters. The molecule has 2 amide bonds. The fourth-order valence-electron chi connectivity index (χ4n) is 1.18. The van der Waals surface area contributed by atoms with E-state index in [1.54, 1.807) is 0 Å². The number of rotatable bonds is 3. The van der Waals surface area contributed by atoms with E-state index in [1.807, 2.05) is 0 Å². The summed E-state index contributed by atoms with van der Waals surface area (Å²) in [5.74, 6) is -1.74. The Kier molecular flexibility index (Phi) is 4.36. The molecule has 0 bridgehead atoms. The number of halogens is 2. The van der Waals surface area contributed by atoms with Crippen molar-refractivity contribution in [3.05, 3.63) is 29.0 Å². The number of nitrogens with one attached hydrogen (secondary N) is 1.